The fraction of sp³-hybridized carbons (Fsp3) is 0.158. The lowest BCUT2D eigenvalue weighted by molar-refractivity contribution is -0.153. The van der Waals surface area contributed by atoms with Gasteiger partial charge in [0.1, 0.15) is 5.75 Å². The van der Waals surface area contributed by atoms with E-state index in [4.69, 9.17) is 9.15 Å². The van der Waals surface area contributed by atoms with Gasteiger partial charge >= 0.3 is 12.2 Å². The Balaban J connectivity index is 1.56. The van der Waals surface area contributed by atoms with Crippen LogP contribution in [0.4, 0.5) is 23.7 Å². The quantitative estimate of drug-likeness (QED) is 0.644. The Morgan fingerprint density at radius 2 is 1.79 bits per heavy atom. The molecule has 0 saturated heterocycles. The molecule has 2 amide bonds. The monoisotopic (exact) mass is 391 g/mol. The normalized spacial score (nSPS) is 11.1. The van der Waals surface area contributed by atoms with Gasteiger partial charge < -0.3 is 19.8 Å². The van der Waals surface area contributed by atoms with Crippen LogP contribution in [0.1, 0.15) is 5.89 Å². The zero-order chi connectivity index (χ0) is 20.0. The number of carbonyl (C=O) groups is 1. The highest BCUT2D eigenvalue weighted by molar-refractivity contribution is 5.90. The number of aromatic nitrogens is 1. The summed E-state index contributed by atoms with van der Waals surface area (Å²) in [6.45, 7) is -1.45. The van der Waals surface area contributed by atoms with Crippen LogP contribution in [0.15, 0.2) is 65.2 Å². The van der Waals surface area contributed by atoms with E-state index < -0.39 is 18.8 Å². The Kier molecular flexibility index (Phi) is 5.83. The summed E-state index contributed by atoms with van der Waals surface area (Å²) in [6.07, 6.45) is -2.93. The Labute approximate surface area is 158 Å². The first-order valence-corrected chi connectivity index (χ1v) is 8.24. The molecule has 0 saturated carbocycles. The number of amides is 2. The third kappa shape index (κ3) is 5.50. The average Bonchev–Trinajstić information content (AvgIpc) is 3.15. The number of halogens is 3. The van der Waals surface area contributed by atoms with Gasteiger partial charge in [-0.2, -0.15) is 13.2 Å². The molecule has 0 spiro atoms. The Morgan fingerprint density at radius 3 is 2.54 bits per heavy atom. The number of hydrogen-bond acceptors (Lipinski definition) is 4. The number of para-hydroxylation sites is 2. The number of alkyl halides is 3. The fourth-order valence-corrected chi connectivity index (χ4v) is 2.31. The average molecular weight is 391 g/mol. The highest BCUT2D eigenvalue weighted by Gasteiger charge is 2.28. The van der Waals surface area contributed by atoms with Crippen molar-refractivity contribution in [2.75, 3.05) is 11.9 Å². The molecule has 0 aliphatic heterocycles. The molecule has 146 valence electrons. The van der Waals surface area contributed by atoms with Crippen LogP contribution in [0.25, 0.3) is 11.3 Å². The molecule has 2 N–H and O–H groups in total. The molecule has 0 aliphatic carbocycles. The van der Waals surface area contributed by atoms with Crippen molar-refractivity contribution in [3.8, 4) is 17.1 Å². The number of hydrogen-bond donors (Lipinski definition) is 2. The van der Waals surface area contributed by atoms with Gasteiger partial charge in [-0.1, -0.05) is 42.5 Å². The number of nitrogens with zero attached hydrogens (tertiary/aromatic N) is 1. The van der Waals surface area contributed by atoms with Crippen LogP contribution in [0.3, 0.4) is 0 Å². The first-order valence-electron chi connectivity index (χ1n) is 8.24. The third-order valence-corrected chi connectivity index (χ3v) is 3.54. The van der Waals surface area contributed by atoms with Crippen molar-refractivity contribution in [2.24, 2.45) is 0 Å². The number of urea groups is 1. The molecule has 2 aromatic carbocycles. The second-order valence-electron chi connectivity index (χ2n) is 5.69. The molecule has 0 bridgehead atoms. The van der Waals surface area contributed by atoms with Crippen LogP contribution in [-0.4, -0.2) is 23.8 Å². The Morgan fingerprint density at radius 1 is 1.07 bits per heavy atom. The van der Waals surface area contributed by atoms with Crippen molar-refractivity contribution in [1.29, 1.82) is 0 Å². The van der Waals surface area contributed by atoms with E-state index >= 15 is 0 Å². The summed E-state index contributed by atoms with van der Waals surface area (Å²) < 4.78 is 47.3. The van der Waals surface area contributed by atoms with Gasteiger partial charge in [0.2, 0.25) is 5.89 Å². The maximum atomic E-state index is 12.3. The van der Waals surface area contributed by atoms with Gasteiger partial charge in [-0.3, -0.25) is 0 Å². The number of rotatable bonds is 6. The standard InChI is InChI=1S/C19H16F3N3O3/c20-19(21,22)12-27-15-9-5-4-8-14(15)25-18(26)24-11-17-23-10-16(28-17)13-6-2-1-3-7-13/h1-10H,11-12H2,(H2,24,25,26). The van der Waals surface area contributed by atoms with Crippen LogP contribution >= 0.6 is 0 Å². The SMILES string of the molecule is O=C(NCc1ncc(-c2ccccc2)o1)Nc1ccccc1OCC(F)(F)F. The number of oxazole rings is 1. The molecule has 0 atom stereocenters. The lowest BCUT2D eigenvalue weighted by Gasteiger charge is -2.13. The second kappa shape index (κ2) is 8.47. The molecule has 3 aromatic rings. The van der Waals surface area contributed by atoms with E-state index in [-0.39, 0.29) is 23.9 Å². The van der Waals surface area contributed by atoms with Gasteiger partial charge in [-0.25, -0.2) is 9.78 Å². The highest BCUT2D eigenvalue weighted by atomic mass is 19.4. The largest absolute Gasteiger partial charge is 0.482 e. The van der Waals surface area contributed by atoms with Gasteiger partial charge in [0.15, 0.2) is 12.4 Å². The fourth-order valence-electron chi connectivity index (χ4n) is 2.31. The molecule has 1 aromatic heterocycles. The van der Waals surface area contributed by atoms with Gasteiger partial charge in [0.25, 0.3) is 0 Å². The molecule has 0 unspecified atom stereocenters. The lowest BCUT2D eigenvalue weighted by Crippen LogP contribution is -2.28. The Hall–Kier alpha value is -3.49. The molecule has 0 fully saturated rings. The summed E-state index contributed by atoms with van der Waals surface area (Å²) in [7, 11) is 0. The van der Waals surface area contributed by atoms with Crippen molar-refractivity contribution in [1.82, 2.24) is 10.3 Å². The molecular formula is C19H16F3N3O3. The highest BCUT2D eigenvalue weighted by Crippen LogP contribution is 2.26. The summed E-state index contributed by atoms with van der Waals surface area (Å²) in [5.74, 6) is 0.761. The van der Waals surface area contributed by atoms with Crippen molar-refractivity contribution in [2.45, 2.75) is 12.7 Å². The zero-order valence-electron chi connectivity index (χ0n) is 14.5. The van der Waals surface area contributed by atoms with Gasteiger partial charge in [-0.05, 0) is 12.1 Å². The van der Waals surface area contributed by atoms with E-state index in [0.29, 0.717) is 5.76 Å². The van der Waals surface area contributed by atoms with Crippen LogP contribution in [0.5, 0.6) is 5.75 Å². The van der Waals surface area contributed by atoms with E-state index in [0.717, 1.165) is 5.56 Å². The van der Waals surface area contributed by atoms with Crippen LogP contribution in [0.2, 0.25) is 0 Å². The van der Waals surface area contributed by atoms with E-state index in [1.165, 1.54) is 18.2 Å². The molecule has 0 radical (unpaired) electrons. The van der Waals surface area contributed by atoms with E-state index in [2.05, 4.69) is 15.6 Å². The van der Waals surface area contributed by atoms with Gasteiger partial charge in [0, 0.05) is 5.56 Å². The summed E-state index contributed by atoms with van der Waals surface area (Å²) in [4.78, 5) is 16.1. The maximum absolute atomic E-state index is 12.3. The van der Waals surface area contributed by atoms with Crippen LogP contribution in [-0.2, 0) is 6.54 Å². The minimum absolute atomic E-state index is 0.00421. The first-order chi connectivity index (χ1) is 13.4. The number of benzene rings is 2. The van der Waals surface area contributed by atoms with Gasteiger partial charge in [0.05, 0.1) is 18.4 Å². The minimum atomic E-state index is -4.48. The number of carbonyl (C=O) groups excluding carboxylic acids is 1. The van der Waals surface area contributed by atoms with Crippen molar-refractivity contribution in [3.05, 3.63) is 66.7 Å². The number of ether oxygens (including phenoxy) is 1. The van der Waals surface area contributed by atoms with Crippen molar-refractivity contribution < 1.29 is 27.1 Å². The summed E-state index contributed by atoms with van der Waals surface area (Å²) >= 11 is 0. The number of nitrogens with one attached hydrogen (secondary N) is 2. The Bertz CT molecular complexity index is 927. The van der Waals surface area contributed by atoms with E-state index in [1.54, 1.807) is 12.3 Å². The molecule has 6 nitrogen and oxygen atoms in total. The molecule has 0 aliphatic rings. The third-order valence-electron chi connectivity index (χ3n) is 3.54. The van der Waals surface area contributed by atoms with Crippen molar-refractivity contribution >= 4 is 11.7 Å². The first kappa shape index (κ1) is 19.3. The summed E-state index contributed by atoms with van der Waals surface area (Å²) in [5, 5.41) is 4.97. The minimum Gasteiger partial charge on any atom is -0.482 e. The van der Waals surface area contributed by atoms with Crippen molar-refractivity contribution in [3.63, 3.8) is 0 Å². The van der Waals surface area contributed by atoms with Gasteiger partial charge in [-0.15, -0.1) is 0 Å². The van der Waals surface area contributed by atoms with E-state index in [9.17, 15) is 18.0 Å². The smallest absolute Gasteiger partial charge is 0.422 e. The molecule has 1 heterocycles. The second-order valence-corrected chi connectivity index (χ2v) is 5.69. The summed E-state index contributed by atoms with van der Waals surface area (Å²) in [5.41, 5.74) is 0.961. The molecule has 28 heavy (non-hydrogen) atoms. The maximum Gasteiger partial charge on any atom is 0.422 e. The topological polar surface area (TPSA) is 76.4 Å². The molecular weight excluding hydrogens is 375 g/mol. The predicted octanol–water partition coefficient (Wildman–Crippen LogP) is 4.60. The number of anilines is 1. The zero-order valence-corrected chi connectivity index (χ0v) is 14.5. The lowest BCUT2D eigenvalue weighted by atomic mass is 10.2. The summed E-state index contributed by atoms with van der Waals surface area (Å²) in [6, 6.07) is 14.5. The van der Waals surface area contributed by atoms with Crippen LogP contribution < -0.4 is 15.4 Å². The molecule has 9 heteroatoms. The van der Waals surface area contributed by atoms with Crippen LogP contribution in [0, 0.1) is 0 Å². The molecule has 3 rings (SSSR count). The van der Waals surface area contributed by atoms with E-state index in [1.807, 2.05) is 30.3 Å². The predicted molar refractivity (Wildman–Crippen MR) is 95.8 cm³/mol.